The van der Waals surface area contributed by atoms with Crippen LogP contribution in [0.15, 0.2) is 24.3 Å². The highest BCUT2D eigenvalue weighted by Crippen LogP contribution is 2.12. The first kappa shape index (κ1) is 16.0. The van der Waals surface area contributed by atoms with E-state index in [1.54, 1.807) is 0 Å². The van der Waals surface area contributed by atoms with Crippen molar-refractivity contribution >= 4 is 0 Å². The summed E-state index contributed by atoms with van der Waals surface area (Å²) in [7, 11) is 0. The molecule has 0 saturated carbocycles. The molecule has 2 unspecified atom stereocenters. The molecule has 0 heterocycles. The normalized spacial score (nSPS) is 14.1. The van der Waals surface area contributed by atoms with Crippen molar-refractivity contribution in [3.05, 3.63) is 29.8 Å². The van der Waals surface area contributed by atoms with Crippen molar-refractivity contribution in [3.8, 4) is 5.75 Å². The molecule has 4 heteroatoms. The van der Waals surface area contributed by atoms with Crippen LogP contribution in [0.4, 0.5) is 0 Å². The Balaban J connectivity index is 2.16. The second-order valence-electron chi connectivity index (χ2n) is 5.06. The second-order valence-corrected chi connectivity index (χ2v) is 5.06. The summed E-state index contributed by atoms with van der Waals surface area (Å²) in [5.74, 6) is 1.20. The lowest BCUT2D eigenvalue weighted by Crippen LogP contribution is -2.34. The van der Waals surface area contributed by atoms with Gasteiger partial charge in [-0.15, -0.1) is 0 Å². The van der Waals surface area contributed by atoms with Crippen LogP contribution in [-0.2, 0) is 0 Å². The van der Waals surface area contributed by atoms with E-state index in [9.17, 15) is 5.11 Å². The Morgan fingerprint density at radius 3 is 2.79 bits per heavy atom. The number of benzene rings is 1. The molecule has 3 N–H and O–H groups in total. The topological polar surface area (TPSA) is 61.7 Å². The summed E-state index contributed by atoms with van der Waals surface area (Å²) in [5, 5.41) is 21.7. The Morgan fingerprint density at radius 1 is 1.32 bits per heavy atom. The number of hydrogen-bond acceptors (Lipinski definition) is 4. The zero-order chi connectivity index (χ0) is 14.1. The van der Waals surface area contributed by atoms with Gasteiger partial charge in [0.1, 0.15) is 18.5 Å². The maximum Gasteiger partial charge on any atom is 0.119 e. The van der Waals surface area contributed by atoms with Gasteiger partial charge in [0.15, 0.2) is 0 Å². The number of aliphatic hydroxyl groups excluding tert-OH is 2. The summed E-state index contributed by atoms with van der Waals surface area (Å²) in [6.07, 6.45) is 0.255. The summed E-state index contributed by atoms with van der Waals surface area (Å²) in [5.41, 5.74) is 1.14. The highest BCUT2D eigenvalue weighted by atomic mass is 16.5. The minimum absolute atomic E-state index is 0.210. The van der Waals surface area contributed by atoms with Crippen molar-refractivity contribution in [2.75, 3.05) is 26.3 Å². The van der Waals surface area contributed by atoms with E-state index in [1.807, 2.05) is 31.2 Å². The van der Waals surface area contributed by atoms with Crippen LogP contribution < -0.4 is 10.1 Å². The molecule has 1 aromatic rings. The van der Waals surface area contributed by atoms with Gasteiger partial charge in [0.05, 0.1) is 0 Å². The van der Waals surface area contributed by atoms with Gasteiger partial charge >= 0.3 is 0 Å². The smallest absolute Gasteiger partial charge is 0.119 e. The van der Waals surface area contributed by atoms with Gasteiger partial charge in [-0.3, -0.25) is 0 Å². The molecule has 0 spiro atoms. The van der Waals surface area contributed by atoms with Gasteiger partial charge in [-0.1, -0.05) is 19.1 Å². The molecule has 0 aliphatic carbocycles. The van der Waals surface area contributed by atoms with Crippen LogP contribution in [0.3, 0.4) is 0 Å². The van der Waals surface area contributed by atoms with Crippen molar-refractivity contribution in [1.82, 2.24) is 5.32 Å². The van der Waals surface area contributed by atoms with Gasteiger partial charge in [-0.2, -0.15) is 0 Å². The number of hydrogen-bond donors (Lipinski definition) is 3. The third-order valence-corrected chi connectivity index (χ3v) is 2.93. The molecule has 0 aliphatic rings. The molecular formula is C15H25NO3. The quantitative estimate of drug-likeness (QED) is 0.632. The van der Waals surface area contributed by atoms with Gasteiger partial charge in [0, 0.05) is 13.2 Å². The summed E-state index contributed by atoms with van der Waals surface area (Å²) in [6.45, 7) is 5.86. The molecule has 0 fully saturated rings. The Bertz CT molecular complexity index is 357. The SMILES string of the molecule is Cc1cccc(OCC(O)CNCC(C)CCO)c1. The van der Waals surface area contributed by atoms with Crippen LogP contribution in [0.5, 0.6) is 5.75 Å². The van der Waals surface area contributed by atoms with Crippen molar-refractivity contribution in [3.63, 3.8) is 0 Å². The largest absolute Gasteiger partial charge is 0.491 e. The predicted molar refractivity (Wildman–Crippen MR) is 76.4 cm³/mol. The minimum Gasteiger partial charge on any atom is -0.491 e. The highest BCUT2D eigenvalue weighted by Gasteiger charge is 2.06. The Morgan fingerprint density at radius 2 is 2.11 bits per heavy atom. The average molecular weight is 267 g/mol. The number of nitrogens with one attached hydrogen (secondary N) is 1. The lowest BCUT2D eigenvalue weighted by molar-refractivity contribution is 0.105. The lowest BCUT2D eigenvalue weighted by Gasteiger charge is -2.15. The van der Waals surface area contributed by atoms with Crippen LogP contribution in [-0.4, -0.2) is 42.6 Å². The summed E-state index contributed by atoms with van der Waals surface area (Å²) < 4.78 is 5.52. The predicted octanol–water partition coefficient (Wildman–Crippen LogP) is 1.34. The van der Waals surface area contributed by atoms with Gasteiger partial charge in [0.25, 0.3) is 0 Å². The van der Waals surface area contributed by atoms with Crippen LogP contribution in [0, 0.1) is 12.8 Å². The highest BCUT2D eigenvalue weighted by molar-refractivity contribution is 5.27. The molecule has 0 amide bonds. The molecule has 0 aliphatic heterocycles. The van der Waals surface area contributed by atoms with E-state index < -0.39 is 6.10 Å². The zero-order valence-corrected chi connectivity index (χ0v) is 11.8. The van der Waals surface area contributed by atoms with Crippen molar-refractivity contribution in [2.24, 2.45) is 5.92 Å². The monoisotopic (exact) mass is 267 g/mol. The van der Waals surface area contributed by atoms with E-state index in [0.717, 1.165) is 24.3 Å². The van der Waals surface area contributed by atoms with Crippen molar-refractivity contribution in [1.29, 1.82) is 0 Å². The fourth-order valence-electron chi connectivity index (χ4n) is 1.78. The van der Waals surface area contributed by atoms with Crippen molar-refractivity contribution in [2.45, 2.75) is 26.4 Å². The molecule has 0 aromatic heterocycles. The Labute approximate surface area is 115 Å². The summed E-state index contributed by atoms with van der Waals surface area (Å²) >= 11 is 0. The van der Waals surface area contributed by atoms with Crippen LogP contribution in [0.1, 0.15) is 18.9 Å². The zero-order valence-electron chi connectivity index (χ0n) is 11.8. The lowest BCUT2D eigenvalue weighted by atomic mass is 10.1. The van der Waals surface area contributed by atoms with Crippen LogP contribution in [0.25, 0.3) is 0 Å². The van der Waals surface area contributed by atoms with Gasteiger partial charge < -0.3 is 20.3 Å². The van der Waals surface area contributed by atoms with Crippen LogP contribution >= 0.6 is 0 Å². The van der Waals surface area contributed by atoms with Gasteiger partial charge in [-0.05, 0) is 43.5 Å². The van der Waals surface area contributed by atoms with E-state index in [4.69, 9.17) is 9.84 Å². The third-order valence-electron chi connectivity index (χ3n) is 2.93. The number of aryl methyl sites for hydroxylation is 1. The number of aliphatic hydroxyl groups is 2. The molecule has 108 valence electrons. The summed E-state index contributed by atoms with van der Waals surface area (Å²) in [6, 6.07) is 7.78. The molecule has 1 rings (SSSR count). The number of ether oxygens (including phenoxy) is 1. The first-order chi connectivity index (χ1) is 9.11. The first-order valence-corrected chi connectivity index (χ1v) is 6.81. The van der Waals surface area contributed by atoms with E-state index in [1.165, 1.54) is 0 Å². The fraction of sp³-hybridized carbons (Fsp3) is 0.600. The molecule has 0 bridgehead atoms. The minimum atomic E-state index is -0.526. The molecule has 19 heavy (non-hydrogen) atoms. The molecule has 2 atom stereocenters. The standard InChI is InChI=1S/C15H25NO3/c1-12-4-3-5-15(8-12)19-11-14(18)10-16-9-13(2)6-7-17/h3-5,8,13-14,16-18H,6-7,9-11H2,1-2H3. The summed E-state index contributed by atoms with van der Waals surface area (Å²) in [4.78, 5) is 0. The molecule has 0 saturated heterocycles. The first-order valence-electron chi connectivity index (χ1n) is 6.81. The van der Waals surface area contributed by atoms with E-state index in [-0.39, 0.29) is 13.2 Å². The Hall–Kier alpha value is -1.10. The number of rotatable bonds is 9. The van der Waals surface area contributed by atoms with E-state index in [2.05, 4.69) is 12.2 Å². The average Bonchev–Trinajstić information content (AvgIpc) is 2.37. The van der Waals surface area contributed by atoms with E-state index in [0.29, 0.717) is 12.5 Å². The van der Waals surface area contributed by atoms with Gasteiger partial charge in [-0.25, -0.2) is 0 Å². The van der Waals surface area contributed by atoms with E-state index >= 15 is 0 Å². The maximum atomic E-state index is 9.79. The van der Waals surface area contributed by atoms with Gasteiger partial charge in [0.2, 0.25) is 0 Å². The third kappa shape index (κ3) is 7.15. The fourth-order valence-corrected chi connectivity index (χ4v) is 1.78. The molecule has 1 aromatic carbocycles. The molecule has 4 nitrogen and oxygen atoms in total. The Kier molecular flexibility index (Phi) is 7.48. The molecule has 0 radical (unpaired) electrons. The molecular weight excluding hydrogens is 242 g/mol. The van der Waals surface area contributed by atoms with Crippen molar-refractivity contribution < 1.29 is 14.9 Å². The maximum absolute atomic E-state index is 9.79. The second kappa shape index (κ2) is 8.91. The van der Waals surface area contributed by atoms with Crippen LogP contribution in [0.2, 0.25) is 0 Å².